The molecule has 14 heteroatoms. The van der Waals surface area contributed by atoms with E-state index in [1.54, 1.807) is 0 Å². The second-order valence-electron chi connectivity index (χ2n) is 8.25. The summed E-state index contributed by atoms with van der Waals surface area (Å²) < 4.78 is 45.4. The molecule has 5 rings (SSSR count). The molecule has 11 nitrogen and oxygen atoms in total. The van der Waals surface area contributed by atoms with Crippen molar-refractivity contribution >= 4 is 22.8 Å². The summed E-state index contributed by atoms with van der Waals surface area (Å²) in [6.45, 7) is 0.649. The number of nitrogens with one attached hydrogen (secondary N) is 1. The fourth-order valence-corrected chi connectivity index (χ4v) is 4.27. The van der Waals surface area contributed by atoms with Crippen molar-refractivity contribution in [3.05, 3.63) is 36.5 Å². The minimum Gasteiger partial charge on any atom is -0.394 e. The minimum atomic E-state index is -4.43. The van der Waals surface area contributed by atoms with E-state index >= 15 is 0 Å². The summed E-state index contributed by atoms with van der Waals surface area (Å²) in [5, 5.41) is 33.0. The van der Waals surface area contributed by atoms with Gasteiger partial charge in [-0.05, 0) is 18.6 Å². The third-order valence-corrected chi connectivity index (χ3v) is 6.08. The number of ether oxygens (including phenoxy) is 1. The Balaban J connectivity index is 1.31. The molecular weight excluding hydrogens is 459 g/mol. The zero-order chi connectivity index (χ0) is 24.0. The molecule has 0 bridgehead atoms. The Morgan fingerprint density at radius 2 is 1.94 bits per heavy atom. The lowest BCUT2D eigenvalue weighted by atomic mass is 10.1. The number of aliphatic hydroxyl groups is 3. The van der Waals surface area contributed by atoms with E-state index in [1.807, 2.05) is 4.90 Å². The number of hydrogen-bond acceptors (Lipinski definition) is 10. The predicted molar refractivity (Wildman–Crippen MR) is 112 cm³/mol. The van der Waals surface area contributed by atoms with E-state index in [2.05, 4.69) is 25.3 Å². The van der Waals surface area contributed by atoms with E-state index in [0.717, 1.165) is 12.3 Å². The SMILES string of the molecule is OCC1OC(n2cnc3c(N[C@@H]4CCN(c5ccc(C(F)(F)F)cn5)C4)ncnc32)C(O)C1O. The van der Waals surface area contributed by atoms with E-state index in [1.165, 1.54) is 23.3 Å². The number of rotatable bonds is 5. The lowest BCUT2D eigenvalue weighted by Gasteiger charge is -2.19. The van der Waals surface area contributed by atoms with Gasteiger partial charge in [0.2, 0.25) is 0 Å². The van der Waals surface area contributed by atoms with Crippen molar-refractivity contribution in [2.75, 3.05) is 29.9 Å². The van der Waals surface area contributed by atoms with Gasteiger partial charge in [0.25, 0.3) is 0 Å². The van der Waals surface area contributed by atoms with Crippen molar-refractivity contribution in [3.63, 3.8) is 0 Å². The Hall–Kier alpha value is -3.07. The average molecular weight is 481 g/mol. The number of anilines is 2. The Labute approximate surface area is 190 Å². The van der Waals surface area contributed by atoms with E-state index < -0.39 is 42.9 Å². The van der Waals surface area contributed by atoms with Crippen LogP contribution in [0, 0.1) is 0 Å². The van der Waals surface area contributed by atoms with E-state index in [-0.39, 0.29) is 6.04 Å². The highest BCUT2D eigenvalue weighted by Gasteiger charge is 2.44. The molecule has 0 saturated carbocycles. The van der Waals surface area contributed by atoms with Gasteiger partial charge in [0.05, 0.1) is 18.5 Å². The highest BCUT2D eigenvalue weighted by atomic mass is 19.4. The van der Waals surface area contributed by atoms with Gasteiger partial charge in [-0.3, -0.25) is 4.57 Å². The largest absolute Gasteiger partial charge is 0.417 e. The van der Waals surface area contributed by atoms with Crippen LogP contribution in [-0.4, -0.2) is 83.9 Å². The molecule has 4 N–H and O–H groups in total. The first kappa shape index (κ1) is 22.7. The molecule has 5 heterocycles. The van der Waals surface area contributed by atoms with Crippen LogP contribution in [0.5, 0.6) is 0 Å². The van der Waals surface area contributed by atoms with Crippen LogP contribution in [0.4, 0.5) is 24.8 Å². The number of pyridine rings is 1. The fourth-order valence-electron chi connectivity index (χ4n) is 4.27. The number of fused-ring (bicyclic) bond motifs is 1. The topological polar surface area (TPSA) is 142 Å². The summed E-state index contributed by atoms with van der Waals surface area (Å²) in [5.41, 5.74) is -0.00350. The predicted octanol–water partition coefficient (Wildman–Crippen LogP) is 0.542. The standard InChI is InChI=1S/C20H22F3N7O4/c21-20(22,23)10-1-2-13(24-5-10)29-4-3-11(6-29)28-17-14-18(26-8-25-17)30(9-27-14)19-16(33)15(32)12(7-31)34-19/h1-2,5,8-9,11-12,15-16,19,31-33H,3-4,6-7H2,(H,25,26,28)/t11-,12?,15?,16?,19?/m1/s1. The van der Waals surface area contributed by atoms with Gasteiger partial charge < -0.3 is 30.3 Å². The maximum atomic E-state index is 12.8. The minimum absolute atomic E-state index is 0.0683. The molecule has 34 heavy (non-hydrogen) atoms. The monoisotopic (exact) mass is 481 g/mol. The first-order valence-electron chi connectivity index (χ1n) is 10.6. The van der Waals surface area contributed by atoms with Gasteiger partial charge in [0, 0.05) is 25.3 Å². The number of hydrogen-bond donors (Lipinski definition) is 4. The summed E-state index contributed by atoms with van der Waals surface area (Å²) in [7, 11) is 0. The number of aromatic nitrogens is 5. The Kier molecular flexibility index (Phi) is 5.75. The molecule has 0 aromatic carbocycles. The van der Waals surface area contributed by atoms with Gasteiger partial charge in [0.1, 0.15) is 30.5 Å². The summed E-state index contributed by atoms with van der Waals surface area (Å²) in [4.78, 5) is 18.7. The van der Waals surface area contributed by atoms with Crippen molar-refractivity contribution in [3.8, 4) is 0 Å². The molecule has 2 aliphatic heterocycles. The summed E-state index contributed by atoms with van der Waals surface area (Å²) in [6, 6.07) is 2.30. The molecule has 4 unspecified atom stereocenters. The van der Waals surface area contributed by atoms with Crippen LogP contribution in [0.2, 0.25) is 0 Å². The number of aliphatic hydroxyl groups excluding tert-OH is 3. The zero-order valence-corrected chi connectivity index (χ0v) is 17.7. The van der Waals surface area contributed by atoms with Crippen LogP contribution in [-0.2, 0) is 10.9 Å². The summed E-state index contributed by atoms with van der Waals surface area (Å²) in [6.07, 6.45) is -4.60. The van der Waals surface area contributed by atoms with Crippen molar-refractivity contribution in [2.24, 2.45) is 0 Å². The highest BCUT2D eigenvalue weighted by Crippen LogP contribution is 2.33. The van der Waals surface area contributed by atoms with Crippen LogP contribution in [0.15, 0.2) is 31.0 Å². The lowest BCUT2D eigenvalue weighted by Crippen LogP contribution is -2.33. The molecular formula is C20H22F3N7O4. The molecule has 0 spiro atoms. The highest BCUT2D eigenvalue weighted by molar-refractivity contribution is 5.83. The summed E-state index contributed by atoms with van der Waals surface area (Å²) in [5.74, 6) is 0.904. The van der Waals surface area contributed by atoms with Crippen LogP contribution in [0.3, 0.4) is 0 Å². The van der Waals surface area contributed by atoms with Gasteiger partial charge in [-0.1, -0.05) is 0 Å². The first-order valence-corrected chi connectivity index (χ1v) is 10.6. The van der Waals surface area contributed by atoms with Crippen molar-refractivity contribution < 1.29 is 33.2 Å². The Morgan fingerprint density at radius 3 is 2.62 bits per heavy atom. The average Bonchev–Trinajstić information content (AvgIpc) is 3.52. The molecule has 2 fully saturated rings. The molecule has 5 atom stereocenters. The molecule has 2 saturated heterocycles. The van der Waals surface area contributed by atoms with E-state index in [9.17, 15) is 28.5 Å². The maximum absolute atomic E-state index is 12.8. The van der Waals surface area contributed by atoms with Gasteiger partial charge >= 0.3 is 6.18 Å². The Bertz CT molecular complexity index is 1160. The van der Waals surface area contributed by atoms with Crippen LogP contribution in [0.25, 0.3) is 11.2 Å². The number of alkyl halides is 3. The summed E-state index contributed by atoms with van der Waals surface area (Å²) >= 11 is 0. The van der Waals surface area contributed by atoms with Gasteiger partial charge in [-0.25, -0.2) is 19.9 Å². The first-order chi connectivity index (χ1) is 16.3. The lowest BCUT2D eigenvalue weighted by molar-refractivity contribution is -0.137. The maximum Gasteiger partial charge on any atom is 0.417 e. The van der Waals surface area contributed by atoms with Crippen LogP contribution < -0.4 is 10.2 Å². The molecule has 3 aromatic heterocycles. The van der Waals surface area contributed by atoms with Gasteiger partial charge in [0.15, 0.2) is 23.2 Å². The van der Waals surface area contributed by atoms with Crippen molar-refractivity contribution in [1.29, 1.82) is 0 Å². The van der Waals surface area contributed by atoms with E-state index in [0.29, 0.717) is 42.3 Å². The number of halogens is 3. The normalized spacial score (nSPS) is 27.6. The Morgan fingerprint density at radius 1 is 1.12 bits per heavy atom. The molecule has 0 amide bonds. The van der Waals surface area contributed by atoms with Crippen LogP contribution in [0.1, 0.15) is 18.2 Å². The second kappa shape index (κ2) is 8.61. The van der Waals surface area contributed by atoms with E-state index in [4.69, 9.17) is 4.74 Å². The zero-order valence-electron chi connectivity index (χ0n) is 17.7. The number of nitrogens with zero attached hydrogens (tertiary/aromatic N) is 6. The third-order valence-electron chi connectivity index (χ3n) is 6.08. The third kappa shape index (κ3) is 4.02. The molecule has 0 radical (unpaired) electrons. The molecule has 0 aliphatic carbocycles. The smallest absolute Gasteiger partial charge is 0.394 e. The van der Waals surface area contributed by atoms with Gasteiger partial charge in [-0.15, -0.1) is 0 Å². The quantitative estimate of drug-likeness (QED) is 0.408. The van der Waals surface area contributed by atoms with Crippen molar-refractivity contribution in [1.82, 2.24) is 24.5 Å². The second-order valence-corrected chi connectivity index (χ2v) is 8.25. The fraction of sp³-hybridized carbons (Fsp3) is 0.500. The van der Waals surface area contributed by atoms with Crippen LogP contribution >= 0.6 is 0 Å². The number of imidazole rings is 1. The van der Waals surface area contributed by atoms with Crippen molar-refractivity contribution in [2.45, 2.75) is 43.2 Å². The van der Waals surface area contributed by atoms with Gasteiger partial charge in [-0.2, -0.15) is 13.2 Å². The molecule has 2 aliphatic rings. The molecule has 3 aromatic rings. The molecule has 182 valence electrons.